The maximum absolute atomic E-state index is 6.01. The van der Waals surface area contributed by atoms with Crippen molar-refractivity contribution in [3.8, 4) is 22.8 Å². The first-order valence-corrected chi connectivity index (χ1v) is 8.20. The molecular weight excluding hydrogens is 326 g/mol. The summed E-state index contributed by atoms with van der Waals surface area (Å²) in [6, 6.07) is 15.6. The number of aromatic nitrogens is 2. The first kappa shape index (κ1) is 15.2. The van der Waals surface area contributed by atoms with E-state index in [1.54, 1.807) is 6.07 Å². The Hall–Kier alpha value is -2.37. The highest BCUT2D eigenvalue weighted by Gasteiger charge is 2.13. The number of halogens is 1. The monoisotopic (exact) mass is 341 g/mol. The normalized spacial score (nSPS) is 14.8. The number of anilines is 1. The van der Waals surface area contributed by atoms with Gasteiger partial charge in [0.25, 0.3) is 5.89 Å². The standard InChI is InChI=1S/C18H16ClN3O2/c19-15-3-1-2-14(12-15)18-20-17(21-24-18)13-4-6-16(7-5-13)22-8-10-23-11-9-22/h1-7,12H,8-11H2. The van der Waals surface area contributed by atoms with E-state index in [0.29, 0.717) is 16.7 Å². The van der Waals surface area contributed by atoms with Crippen molar-refractivity contribution in [3.63, 3.8) is 0 Å². The number of morpholine rings is 1. The molecule has 0 unspecified atom stereocenters. The Balaban J connectivity index is 1.56. The Morgan fingerprint density at radius 1 is 0.958 bits per heavy atom. The minimum absolute atomic E-state index is 0.463. The van der Waals surface area contributed by atoms with Gasteiger partial charge >= 0.3 is 0 Å². The highest BCUT2D eigenvalue weighted by Crippen LogP contribution is 2.26. The quantitative estimate of drug-likeness (QED) is 0.723. The fourth-order valence-electron chi connectivity index (χ4n) is 2.72. The van der Waals surface area contributed by atoms with Crippen LogP contribution >= 0.6 is 11.6 Å². The predicted octanol–water partition coefficient (Wildman–Crippen LogP) is 3.89. The second-order valence-corrected chi connectivity index (χ2v) is 6.02. The summed E-state index contributed by atoms with van der Waals surface area (Å²) >= 11 is 6.01. The van der Waals surface area contributed by atoms with Gasteiger partial charge in [0.2, 0.25) is 5.82 Å². The van der Waals surface area contributed by atoms with Crippen molar-refractivity contribution >= 4 is 17.3 Å². The highest BCUT2D eigenvalue weighted by atomic mass is 35.5. The van der Waals surface area contributed by atoms with Crippen molar-refractivity contribution in [3.05, 3.63) is 53.6 Å². The van der Waals surface area contributed by atoms with Crippen molar-refractivity contribution in [2.24, 2.45) is 0 Å². The van der Waals surface area contributed by atoms with Crippen LogP contribution in [-0.2, 0) is 4.74 Å². The summed E-state index contributed by atoms with van der Waals surface area (Å²) in [6.45, 7) is 3.38. The smallest absolute Gasteiger partial charge is 0.258 e. The average molecular weight is 342 g/mol. The fraction of sp³-hybridized carbons (Fsp3) is 0.222. The zero-order valence-electron chi connectivity index (χ0n) is 13.0. The zero-order chi connectivity index (χ0) is 16.4. The van der Waals surface area contributed by atoms with Crippen LogP contribution in [0.1, 0.15) is 0 Å². The molecule has 0 saturated carbocycles. The summed E-state index contributed by atoms with van der Waals surface area (Å²) < 4.78 is 10.7. The van der Waals surface area contributed by atoms with E-state index in [1.165, 1.54) is 5.69 Å². The molecule has 6 heteroatoms. The molecule has 3 aromatic rings. The molecule has 1 aliphatic heterocycles. The van der Waals surface area contributed by atoms with E-state index >= 15 is 0 Å². The molecule has 1 aromatic heterocycles. The molecule has 0 radical (unpaired) electrons. The number of rotatable bonds is 3. The van der Waals surface area contributed by atoms with E-state index in [-0.39, 0.29) is 0 Å². The van der Waals surface area contributed by atoms with Gasteiger partial charge in [-0.2, -0.15) is 4.98 Å². The van der Waals surface area contributed by atoms with Gasteiger partial charge in [0, 0.05) is 34.9 Å². The molecule has 1 fully saturated rings. The second kappa shape index (κ2) is 6.63. The van der Waals surface area contributed by atoms with E-state index < -0.39 is 0 Å². The molecule has 122 valence electrons. The molecule has 0 atom stereocenters. The molecule has 0 amide bonds. The lowest BCUT2D eigenvalue weighted by molar-refractivity contribution is 0.122. The maximum Gasteiger partial charge on any atom is 0.258 e. The number of ether oxygens (including phenoxy) is 1. The van der Waals surface area contributed by atoms with E-state index in [2.05, 4.69) is 27.2 Å². The van der Waals surface area contributed by atoms with E-state index in [1.807, 2.05) is 30.3 Å². The Kier molecular flexibility index (Phi) is 4.19. The average Bonchev–Trinajstić information content (AvgIpc) is 3.13. The van der Waals surface area contributed by atoms with Crippen molar-refractivity contribution in [1.82, 2.24) is 10.1 Å². The van der Waals surface area contributed by atoms with Crippen LogP contribution in [0.15, 0.2) is 53.1 Å². The number of nitrogens with zero attached hydrogens (tertiary/aromatic N) is 3. The first-order chi connectivity index (χ1) is 11.8. The Bertz CT molecular complexity index is 826. The molecule has 4 rings (SSSR count). The fourth-order valence-corrected chi connectivity index (χ4v) is 2.91. The molecule has 24 heavy (non-hydrogen) atoms. The van der Waals surface area contributed by atoms with Crippen molar-refractivity contribution in [2.45, 2.75) is 0 Å². The van der Waals surface area contributed by atoms with Crippen LogP contribution in [0, 0.1) is 0 Å². The molecule has 5 nitrogen and oxygen atoms in total. The number of benzene rings is 2. The maximum atomic E-state index is 6.01. The Morgan fingerprint density at radius 2 is 1.75 bits per heavy atom. The molecular formula is C18H16ClN3O2. The zero-order valence-corrected chi connectivity index (χ0v) is 13.7. The Labute approximate surface area is 144 Å². The third-order valence-electron chi connectivity index (χ3n) is 4.00. The summed E-state index contributed by atoms with van der Waals surface area (Å²) in [7, 11) is 0. The minimum Gasteiger partial charge on any atom is -0.378 e. The molecule has 2 aromatic carbocycles. The number of hydrogen-bond acceptors (Lipinski definition) is 5. The summed E-state index contributed by atoms with van der Waals surface area (Å²) in [4.78, 5) is 6.77. The van der Waals surface area contributed by atoms with Crippen LogP contribution < -0.4 is 4.90 Å². The number of hydrogen-bond donors (Lipinski definition) is 0. The van der Waals surface area contributed by atoms with Gasteiger partial charge in [0.15, 0.2) is 0 Å². The van der Waals surface area contributed by atoms with Gasteiger partial charge in [0.1, 0.15) is 0 Å². The largest absolute Gasteiger partial charge is 0.378 e. The van der Waals surface area contributed by atoms with E-state index in [9.17, 15) is 0 Å². The lowest BCUT2D eigenvalue weighted by Crippen LogP contribution is -2.36. The van der Waals surface area contributed by atoms with Gasteiger partial charge in [-0.1, -0.05) is 22.8 Å². The van der Waals surface area contributed by atoms with Gasteiger partial charge in [-0.15, -0.1) is 0 Å². The van der Waals surface area contributed by atoms with Crippen LogP contribution in [0.4, 0.5) is 5.69 Å². The summed E-state index contributed by atoms with van der Waals surface area (Å²) in [5, 5.41) is 4.71. The topological polar surface area (TPSA) is 51.4 Å². The summed E-state index contributed by atoms with van der Waals surface area (Å²) in [5.41, 5.74) is 2.91. The molecule has 2 heterocycles. The SMILES string of the molecule is Clc1cccc(-c2nc(-c3ccc(N4CCOCC4)cc3)no2)c1. The summed E-state index contributed by atoms with van der Waals surface area (Å²) in [6.07, 6.45) is 0. The molecule has 0 aliphatic carbocycles. The van der Waals surface area contributed by atoms with Crippen LogP contribution in [0.3, 0.4) is 0 Å². The summed E-state index contributed by atoms with van der Waals surface area (Å²) in [5.74, 6) is 1.03. The van der Waals surface area contributed by atoms with Gasteiger partial charge in [-0.25, -0.2) is 0 Å². The van der Waals surface area contributed by atoms with Crippen LogP contribution in [0.2, 0.25) is 5.02 Å². The Morgan fingerprint density at radius 3 is 2.50 bits per heavy atom. The minimum atomic E-state index is 0.463. The lowest BCUT2D eigenvalue weighted by Gasteiger charge is -2.28. The highest BCUT2D eigenvalue weighted by molar-refractivity contribution is 6.30. The third-order valence-corrected chi connectivity index (χ3v) is 4.23. The van der Waals surface area contributed by atoms with Gasteiger partial charge in [-0.3, -0.25) is 0 Å². The van der Waals surface area contributed by atoms with Crippen molar-refractivity contribution in [1.29, 1.82) is 0 Å². The van der Waals surface area contributed by atoms with Gasteiger partial charge in [0.05, 0.1) is 13.2 Å². The van der Waals surface area contributed by atoms with Crippen LogP contribution in [-0.4, -0.2) is 36.4 Å². The van der Waals surface area contributed by atoms with E-state index in [0.717, 1.165) is 37.4 Å². The molecule has 0 N–H and O–H groups in total. The molecule has 0 bridgehead atoms. The third kappa shape index (κ3) is 3.13. The van der Waals surface area contributed by atoms with Crippen LogP contribution in [0.5, 0.6) is 0 Å². The van der Waals surface area contributed by atoms with Gasteiger partial charge in [-0.05, 0) is 42.5 Å². The van der Waals surface area contributed by atoms with Crippen LogP contribution in [0.25, 0.3) is 22.8 Å². The molecule has 1 saturated heterocycles. The lowest BCUT2D eigenvalue weighted by atomic mass is 10.1. The predicted molar refractivity (Wildman–Crippen MR) is 93.2 cm³/mol. The first-order valence-electron chi connectivity index (χ1n) is 7.82. The van der Waals surface area contributed by atoms with Crippen molar-refractivity contribution in [2.75, 3.05) is 31.2 Å². The van der Waals surface area contributed by atoms with Crippen molar-refractivity contribution < 1.29 is 9.26 Å². The molecule has 0 spiro atoms. The van der Waals surface area contributed by atoms with Gasteiger partial charge < -0.3 is 14.2 Å². The molecule has 1 aliphatic rings. The second-order valence-electron chi connectivity index (χ2n) is 5.58. The van der Waals surface area contributed by atoms with E-state index in [4.69, 9.17) is 20.9 Å².